The number of rotatable bonds is 3. The molecule has 0 radical (unpaired) electrons. The van der Waals surface area contributed by atoms with Crippen LogP contribution in [0.2, 0.25) is 0 Å². The molecule has 0 aliphatic heterocycles. The van der Waals surface area contributed by atoms with Crippen molar-refractivity contribution >= 4 is 18.3 Å². The first-order valence-corrected chi connectivity index (χ1v) is 4.07. The molecule has 0 saturated carbocycles. The first kappa shape index (κ1) is 10.2. The maximum Gasteiger partial charge on any atom is 0.330 e. The normalized spacial score (nSPS) is 10.1. The zero-order chi connectivity index (χ0) is 10.4. The maximum absolute atomic E-state index is 10.8. The molecule has 1 aromatic carbocycles. The minimum absolute atomic E-state index is 0.415. The van der Waals surface area contributed by atoms with Crippen LogP contribution in [-0.4, -0.2) is 19.4 Å². The maximum atomic E-state index is 10.8. The zero-order valence-corrected chi connectivity index (χ0v) is 7.77. The fraction of sp³-hybridized carbons (Fsp3) is 0.0909. The van der Waals surface area contributed by atoms with E-state index in [0.717, 1.165) is 11.8 Å². The largest absolute Gasteiger partial charge is 0.466 e. The lowest BCUT2D eigenvalue weighted by Crippen LogP contribution is -1.93. The van der Waals surface area contributed by atoms with Gasteiger partial charge in [-0.25, -0.2) is 4.79 Å². The molecule has 1 rings (SSSR count). The average molecular weight is 190 g/mol. The van der Waals surface area contributed by atoms with Crippen molar-refractivity contribution in [2.45, 2.75) is 0 Å². The third-order valence-electron chi connectivity index (χ3n) is 1.66. The lowest BCUT2D eigenvalue weighted by atomic mass is 10.1. The third kappa shape index (κ3) is 2.86. The molecule has 1 aromatic rings. The van der Waals surface area contributed by atoms with Gasteiger partial charge in [-0.15, -0.1) is 0 Å². The van der Waals surface area contributed by atoms with Gasteiger partial charge in [0.05, 0.1) is 7.11 Å². The molecule has 0 heterocycles. The van der Waals surface area contributed by atoms with Crippen LogP contribution >= 0.6 is 0 Å². The zero-order valence-electron chi connectivity index (χ0n) is 7.77. The molecule has 0 saturated heterocycles. The summed E-state index contributed by atoms with van der Waals surface area (Å²) in [6, 6.07) is 6.93. The first-order valence-electron chi connectivity index (χ1n) is 4.07. The second kappa shape index (κ2) is 4.97. The van der Waals surface area contributed by atoms with E-state index in [1.165, 1.54) is 13.2 Å². The first-order chi connectivity index (χ1) is 6.76. The number of benzene rings is 1. The van der Waals surface area contributed by atoms with Gasteiger partial charge in [0.2, 0.25) is 0 Å². The van der Waals surface area contributed by atoms with Gasteiger partial charge in [-0.05, 0) is 17.7 Å². The summed E-state index contributed by atoms with van der Waals surface area (Å²) in [5, 5.41) is 0. The van der Waals surface area contributed by atoms with Crippen LogP contribution in [0.3, 0.4) is 0 Å². The van der Waals surface area contributed by atoms with E-state index in [9.17, 15) is 9.59 Å². The number of aldehydes is 1. The van der Waals surface area contributed by atoms with Gasteiger partial charge in [-0.2, -0.15) is 0 Å². The van der Waals surface area contributed by atoms with Crippen molar-refractivity contribution in [3.05, 3.63) is 41.5 Å². The second-order valence-electron chi connectivity index (χ2n) is 2.64. The van der Waals surface area contributed by atoms with Gasteiger partial charge in [0.25, 0.3) is 0 Å². The van der Waals surface area contributed by atoms with Gasteiger partial charge in [0.15, 0.2) is 0 Å². The van der Waals surface area contributed by atoms with Crippen molar-refractivity contribution in [1.29, 1.82) is 0 Å². The molecule has 0 aromatic heterocycles. The van der Waals surface area contributed by atoms with Crippen molar-refractivity contribution < 1.29 is 14.3 Å². The molecule has 0 unspecified atom stereocenters. The molecule has 14 heavy (non-hydrogen) atoms. The molecule has 3 nitrogen and oxygen atoms in total. The lowest BCUT2D eigenvalue weighted by molar-refractivity contribution is -0.134. The van der Waals surface area contributed by atoms with Crippen molar-refractivity contribution in [1.82, 2.24) is 0 Å². The predicted octanol–water partition coefficient (Wildman–Crippen LogP) is 1.69. The summed E-state index contributed by atoms with van der Waals surface area (Å²) in [4.78, 5) is 21.2. The molecule has 0 amide bonds. The van der Waals surface area contributed by atoms with Gasteiger partial charge in [-0.3, -0.25) is 4.79 Å². The molecular formula is C11H10O3. The Morgan fingerprint density at radius 3 is 2.71 bits per heavy atom. The van der Waals surface area contributed by atoms with Crippen LogP contribution in [0.5, 0.6) is 0 Å². The Morgan fingerprint density at radius 2 is 2.07 bits per heavy atom. The van der Waals surface area contributed by atoms with Crippen LogP contribution < -0.4 is 0 Å². The summed E-state index contributed by atoms with van der Waals surface area (Å²) < 4.78 is 4.43. The Labute approximate surface area is 82.0 Å². The standard InChI is InChI=1S/C11H10O3/c1-14-11(13)6-5-9-3-2-4-10(7-9)8-12/h2-8H,1H3. The third-order valence-corrected chi connectivity index (χ3v) is 1.66. The Balaban J connectivity index is 2.81. The van der Waals surface area contributed by atoms with Gasteiger partial charge in [0, 0.05) is 11.6 Å². The highest BCUT2D eigenvalue weighted by Gasteiger charge is 1.93. The SMILES string of the molecule is COC(=O)C=Cc1cccc(C=O)c1. The number of methoxy groups -OCH3 is 1. The van der Waals surface area contributed by atoms with Crippen LogP contribution in [0.25, 0.3) is 6.08 Å². The van der Waals surface area contributed by atoms with E-state index in [-0.39, 0.29) is 0 Å². The highest BCUT2D eigenvalue weighted by Crippen LogP contribution is 2.05. The van der Waals surface area contributed by atoms with Crippen LogP contribution in [0.15, 0.2) is 30.3 Å². The Hall–Kier alpha value is -1.90. The molecule has 0 N–H and O–H groups in total. The van der Waals surface area contributed by atoms with Crippen LogP contribution in [-0.2, 0) is 9.53 Å². The molecule has 0 fully saturated rings. The summed E-state index contributed by atoms with van der Waals surface area (Å²) in [6.07, 6.45) is 3.66. The molecule has 0 spiro atoms. The quantitative estimate of drug-likeness (QED) is 0.414. The van der Waals surface area contributed by atoms with Crippen LogP contribution in [0.4, 0.5) is 0 Å². The van der Waals surface area contributed by atoms with E-state index in [2.05, 4.69) is 4.74 Å². The summed E-state index contributed by atoms with van der Waals surface area (Å²) in [6.45, 7) is 0. The molecule has 3 heteroatoms. The number of carbonyl (C=O) groups is 2. The number of ether oxygens (including phenoxy) is 1. The second-order valence-corrected chi connectivity index (χ2v) is 2.64. The fourth-order valence-corrected chi connectivity index (χ4v) is 0.968. The van der Waals surface area contributed by atoms with E-state index in [1.807, 2.05) is 0 Å². The van der Waals surface area contributed by atoms with Gasteiger partial charge in [-0.1, -0.05) is 18.2 Å². The van der Waals surface area contributed by atoms with Crippen LogP contribution in [0.1, 0.15) is 15.9 Å². The van der Waals surface area contributed by atoms with Crippen molar-refractivity contribution in [2.75, 3.05) is 7.11 Å². The Kier molecular flexibility index (Phi) is 3.61. The molecular weight excluding hydrogens is 180 g/mol. The van der Waals surface area contributed by atoms with Crippen LogP contribution in [0, 0.1) is 0 Å². The highest BCUT2D eigenvalue weighted by atomic mass is 16.5. The summed E-state index contributed by atoms with van der Waals surface area (Å²) in [7, 11) is 1.31. The Bertz CT molecular complexity index is 367. The van der Waals surface area contributed by atoms with Gasteiger partial charge >= 0.3 is 5.97 Å². The average Bonchev–Trinajstić information content (AvgIpc) is 2.26. The number of esters is 1. The lowest BCUT2D eigenvalue weighted by Gasteiger charge is -1.94. The van der Waals surface area contributed by atoms with E-state index >= 15 is 0 Å². The summed E-state index contributed by atoms with van der Waals surface area (Å²) in [5.74, 6) is -0.415. The molecule has 0 aliphatic rings. The number of hydrogen-bond acceptors (Lipinski definition) is 3. The van der Waals surface area contributed by atoms with E-state index in [0.29, 0.717) is 5.56 Å². The van der Waals surface area contributed by atoms with Crippen molar-refractivity contribution in [3.63, 3.8) is 0 Å². The van der Waals surface area contributed by atoms with E-state index in [1.54, 1.807) is 30.3 Å². The molecule has 0 aliphatic carbocycles. The predicted molar refractivity (Wildman–Crippen MR) is 52.9 cm³/mol. The van der Waals surface area contributed by atoms with E-state index in [4.69, 9.17) is 0 Å². The Morgan fingerprint density at radius 1 is 1.36 bits per heavy atom. The van der Waals surface area contributed by atoms with Crippen molar-refractivity contribution in [3.8, 4) is 0 Å². The van der Waals surface area contributed by atoms with Gasteiger partial charge < -0.3 is 4.74 Å². The molecule has 72 valence electrons. The highest BCUT2D eigenvalue weighted by molar-refractivity contribution is 5.87. The van der Waals surface area contributed by atoms with Crippen molar-refractivity contribution in [2.24, 2.45) is 0 Å². The van der Waals surface area contributed by atoms with E-state index < -0.39 is 5.97 Å². The summed E-state index contributed by atoms with van der Waals surface area (Å²) in [5.41, 5.74) is 1.37. The fourth-order valence-electron chi connectivity index (χ4n) is 0.968. The molecule has 0 atom stereocenters. The minimum Gasteiger partial charge on any atom is -0.466 e. The molecule has 0 bridgehead atoms. The smallest absolute Gasteiger partial charge is 0.330 e. The monoisotopic (exact) mass is 190 g/mol. The summed E-state index contributed by atoms with van der Waals surface area (Å²) >= 11 is 0. The minimum atomic E-state index is -0.415. The van der Waals surface area contributed by atoms with Gasteiger partial charge in [0.1, 0.15) is 6.29 Å². The topological polar surface area (TPSA) is 43.4 Å². The number of hydrogen-bond donors (Lipinski definition) is 0. The number of carbonyl (C=O) groups excluding carboxylic acids is 2.